The van der Waals surface area contributed by atoms with Crippen LogP contribution in [-0.2, 0) is 0 Å². The molecule has 268 valence electrons. The van der Waals surface area contributed by atoms with Gasteiger partial charge in [0.15, 0.2) is 0 Å². The third-order valence-corrected chi connectivity index (χ3v) is 10.4. The van der Waals surface area contributed by atoms with E-state index < -0.39 is 6.09 Å². The van der Waals surface area contributed by atoms with Crippen LogP contribution in [0.3, 0.4) is 0 Å². The summed E-state index contributed by atoms with van der Waals surface area (Å²) in [6.07, 6.45) is 5.35. The molecule has 0 spiro atoms. The predicted octanol–water partition coefficient (Wildman–Crippen LogP) is 7.14. The molecule has 8 rings (SSSR count). The molecule has 2 aliphatic rings. The van der Waals surface area contributed by atoms with E-state index in [1.807, 2.05) is 30.3 Å². The molecule has 6 N–H and O–H groups in total. The van der Waals surface area contributed by atoms with Gasteiger partial charge in [-0.05, 0) is 81.6 Å². The smallest absolute Gasteiger partial charge is 0.407 e. The Morgan fingerprint density at radius 2 is 1.43 bits per heavy atom. The fourth-order valence-electron chi connectivity index (χ4n) is 6.89. The number of furan rings is 2. The molecule has 2 aliphatic heterocycles. The Morgan fingerprint density at radius 3 is 1.96 bits per heavy atom. The highest BCUT2D eigenvalue weighted by Gasteiger charge is 2.31. The second-order valence-electron chi connectivity index (χ2n) is 13.0. The molecule has 0 bridgehead atoms. The summed E-state index contributed by atoms with van der Waals surface area (Å²) in [5.41, 5.74) is 2.25. The average molecular weight is 827 g/mol. The number of hydrogen-bond acceptors (Lipinski definition) is 10. The van der Waals surface area contributed by atoms with Crippen molar-refractivity contribution in [2.24, 2.45) is 0 Å². The van der Waals surface area contributed by atoms with E-state index in [-0.39, 0.29) is 34.4 Å². The van der Waals surface area contributed by atoms with Crippen molar-refractivity contribution < 1.29 is 18.7 Å². The monoisotopic (exact) mass is 824 g/mol. The summed E-state index contributed by atoms with van der Waals surface area (Å²) in [6.45, 7) is 4.52. The highest BCUT2D eigenvalue weighted by atomic mass is 79.9. The van der Waals surface area contributed by atoms with Crippen LogP contribution in [0.15, 0.2) is 63.8 Å². The number of piperidine rings is 2. The van der Waals surface area contributed by atoms with Crippen LogP contribution in [0.25, 0.3) is 44.1 Å². The molecule has 51 heavy (non-hydrogen) atoms. The van der Waals surface area contributed by atoms with Gasteiger partial charge in [0.25, 0.3) is 11.1 Å². The van der Waals surface area contributed by atoms with Crippen LogP contribution in [0.5, 0.6) is 0 Å². The van der Waals surface area contributed by atoms with Crippen molar-refractivity contribution in [1.29, 1.82) is 0 Å². The van der Waals surface area contributed by atoms with E-state index in [0.29, 0.717) is 59.5 Å². The highest BCUT2D eigenvalue weighted by molar-refractivity contribution is 9.10. The highest BCUT2D eigenvalue weighted by Crippen LogP contribution is 2.30. The summed E-state index contributed by atoms with van der Waals surface area (Å²) >= 11 is 6.88. The number of amides is 1. The van der Waals surface area contributed by atoms with Crippen molar-refractivity contribution in [3.63, 3.8) is 0 Å². The SMILES string of the molecule is CCCCC1CC(Nc2nc3c(oc4ccc(Br)cc43)c(=O)[nH]2)CCN1C(=O)O.O=c1[nH]c(NC2CCNCC2)nc2c1oc1ccc(Br)cc12. The molecule has 2 saturated heterocycles. The zero-order valence-corrected chi connectivity index (χ0v) is 31.0. The van der Waals surface area contributed by atoms with Crippen LogP contribution in [0, 0.1) is 0 Å². The number of hydrogen-bond donors (Lipinski definition) is 6. The number of aromatic amines is 2. The third kappa shape index (κ3) is 7.62. The lowest BCUT2D eigenvalue weighted by Gasteiger charge is -2.38. The van der Waals surface area contributed by atoms with E-state index in [2.05, 4.69) is 74.7 Å². The number of halogens is 2. The molecule has 1 amide bonds. The molecule has 16 heteroatoms. The summed E-state index contributed by atoms with van der Waals surface area (Å²) in [5, 5.41) is 21.0. The number of likely N-dealkylation sites (tertiary alicyclic amines) is 1. The van der Waals surface area contributed by atoms with Crippen molar-refractivity contribution in [1.82, 2.24) is 30.2 Å². The van der Waals surface area contributed by atoms with E-state index in [1.165, 1.54) is 4.90 Å². The van der Waals surface area contributed by atoms with Crippen molar-refractivity contribution in [3.05, 3.63) is 66.1 Å². The Morgan fingerprint density at radius 1 is 0.882 bits per heavy atom. The van der Waals surface area contributed by atoms with E-state index in [0.717, 1.165) is 64.9 Å². The Balaban J connectivity index is 0.000000165. The van der Waals surface area contributed by atoms with E-state index in [4.69, 9.17) is 8.83 Å². The van der Waals surface area contributed by atoms with Gasteiger partial charge in [-0.2, -0.15) is 0 Å². The second kappa shape index (κ2) is 15.1. The number of fused-ring (bicyclic) bond motifs is 6. The molecule has 2 atom stereocenters. The number of nitrogens with zero attached hydrogens (tertiary/aromatic N) is 3. The molecule has 0 radical (unpaired) electrons. The van der Waals surface area contributed by atoms with Crippen molar-refractivity contribution in [2.75, 3.05) is 30.3 Å². The molecule has 4 aromatic heterocycles. The quantitative estimate of drug-likeness (QED) is 0.0958. The van der Waals surface area contributed by atoms with Crippen LogP contribution >= 0.6 is 31.9 Å². The maximum absolute atomic E-state index is 12.5. The number of aromatic nitrogens is 4. The Labute approximate surface area is 308 Å². The topological polar surface area (TPSA) is 194 Å². The van der Waals surface area contributed by atoms with Gasteiger partial charge >= 0.3 is 6.09 Å². The minimum atomic E-state index is -0.868. The van der Waals surface area contributed by atoms with Gasteiger partial charge in [-0.25, -0.2) is 14.8 Å². The molecule has 2 unspecified atom stereocenters. The lowest BCUT2D eigenvalue weighted by molar-refractivity contribution is 0.0991. The lowest BCUT2D eigenvalue weighted by Crippen LogP contribution is -2.48. The minimum absolute atomic E-state index is 0.0279. The number of rotatable bonds is 7. The van der Waals surface area contributed by atoms with Gasteiger partial charge in [-0.3, -0.25) is 19.6 Å². The van der Waals surface area contributed by atoms with Crippen molar-refractivity contribution in [2.45, 2.75) is 70.0 Å². The first kappa shape index (κ1) is 35.0. The molecular weight excluding hydrogens is 788 g/mol. The van der Waals surface area contributed by atoms with Crippen LogP contribution in [-0.4, -0.2) is 73.8 Å². The molecule has 2 fully saturated rings. The van der Waals surface area contributed by atoms with E-state index in [9.17, 15) is 19.5 Å². The molecular formula is C35H38Br2N8O6. The number of unbranched alkanes of at least 4 members (excludes halogenated alkanes) is 1. The fourth-order valence-corrected chi connectivity index (χ4v) is 7.61. The second-order valence-corrected chi connectivity index (χ2v) is 14.8. The van der Waals surface area contributed by atoms with Gasteiger partial charge < -0.3 is 34.8 Å². The molecule has 6 aromatic rings. The zero-order valence-electron chi connectivity index (χ0n) is 27.9. The summed E-state index contributed by atoms with van der Waals surface area (Å²) in [7, 11) is 0. The Bertz CT molecular complexity index is 2330. The predicted molar refractivity (Wildman–Crippen MR) is 204 cm³/mol. The summed E-state index contributed by atoms with van der Waals surface area (Å²) in [4.78, 5) is 52.5. The fraction of sp³-hybridized carbons (Fsp3) is 0.400. The maximum atomic E-state index is 12.5. The van der Waals surface area contributed by atoms with Crippen LogP contribution in [0.4, 0.5) is 16.7 Å². The normalized spacial score (nSPS) is 18.3. The largest absolute Gasteiger partial charge is 0.465 e. The molecule has 6 heterocycles. The Kier molecular flexibility index (Phi) is 10.3. The van der Waals surface area contributed by atoms with E-state index in [1.54, 1.807) is 6.07 Å². The number of anilines is 2. The molecule has 14 nitrogen and oxygen atoms in total. The molecule has 0 saturated carbocycles. The standard InChI is InChI=1S/C20H23BrN4O4.C15H15BrN4O2/c1-2-3-4-13-10-12(7-8-25(13)20(27)28)22-19-23-16-14-9-11(21)5-6-15(14)29-17(16)18(26)24-19;16-8-1-2-11-10(7-8)12-13(22-11)14(21)20-15(19-12)18-9-3-5-17-6-4-9/h5-6,9,12-13H,2-4,7-8,10H2,1H3,(H,27,28)(H2,22,23,24,26);1-2,7,9,17H,3-6H2,(H2,18,19,20,21). The summed E-state index contributed by atoms with van der Waals surface area (Å²) in [6, 6.07) is 11.5. The summed E-state index contributed by atoms with van der Waals surface area (Å²) < 4.78 is 13.1. The molecule has 0 aliphatic carbocycles. The third-order valence-electron chi connectivity index (χ3n) is 9.44. The van der Waals surface area contributed by atoms with Gasteiger partial charge in [-0.1, -0.05) is 51.6 Å². The minimum Gasteiger partial charge on any atom is -0.465 e. The van der Waals surface area contributed by atoms with Crippen molar-refractivity contribution >= 4 is 94.0 Å². The first-order chi connectivity index (χ1) is 24.7. The number of nitrogens with one attached hydrogen (secondary N) is 5. The number of H-pyrrole nitrogens is 2. The van der Waals surface area contributed by atoms with Gasteiger partial charge in [0.05, 0.1) is 0 Å². The van der Waals surface area contributed by atoms with E-state index >= 15 is 0 Å². The number of carbonyl (C=O) groups is 1. The van der Waals surface area contributed by atoms with Crippen LogP contribution < -0.4 is 27.1 Å². The van der Waals surface area contributed by atoms with Gasteiger partial charge in [0.2, 0.25) is 23.1 Å². The van der Waals surface area contributed by atoms with Crippen LogP contribution in [0.2, 0.25) is 0 Å². The Hall–Kier alpha value is -4.41. The lowest BCUT2D eigenvalue weighted by atomic mass is 9.94. The number of benzene rings is 2. The van der Waals surface area contributed by atoms with Gasteiger partial charge in [0.1, 0.15) is 22.2 Å². The average Bonchev–Trinajstić information content (AvgIpc) is 3.66. The number of carboxylic acid groups (broad SMARTS) is 1. The first-order valence-electron chi connectivity index (χ1n) is 17.1. The van der Waals surface area contributed by atoms with Crippen molar-refractivity contribution in [3.8, 4) is 0 Å². The molecule has 2 aromatic carbocycles. The maximum Gasteiger partial charge on any atom is 0.407 e. The van der Waals surface area contributed by atoms with Gasteiger partial charge in [0, 0.05) is 44.4 Å². The first-order valence-corrected chi connectivity index (χ1v) is 18.7. The van der Waals surface area contributed by atoms with Crippen LogP contribution in [0.1, 0.15) is 51.9 Å². The zero-order chi connectivity index (χ0) is 35.6. The van der Waals surface area contributed by atoms with Gasteiger partial charge in [-0.15, -0.1) is 0 Å². The summed E-state index contributed by atoms with van der Waals surface area (Å²) in [5.74, 6) is 0.889.